The second kappa shape index (κ2) is 12.3. The van der Waals surface area contributed by atoms with Gasteiger partial charge in [-0.2, -0.15) is 0 Å². The molecular formula is C17H28N2O7S. The summed E-state index contributed by atoms with van der Waals surface area (Å²) in [4.78, 5) is 57.2. The Morgan fingerprint density at radius 2 is 1.59 bits per heavy atom. The number of rotatable bonds is 11. The van der Waals surface area contributed by atoms with Gasteiger partial charge in [-0.3, -0.25) is 24.0 Å². The van der Waals surface area contributed by atoms with Crippen molar-refractivity contribution in [3.8, 4) is 0 Å². The fourth-order valence-corrected chi connectivity index (χ4v) is 2.45. The number of nitrogens with one attached hydrogen (secondary N) is 2. The molecule has 0 heterocycles. The molecule has 0 aliphatic rings. The average Bonchev–Trinajstić information content (AvgIpc) is 2.54. The van der Waals surface area contributed by atoms with Crippen molar-refractivity contribution in [2.24, 2.45) is 5.41 Å². The van der Waals surface area contributed by atoms with Gasteiger partial charge in [0.05, 0.1) is 0 Å². The number of carbonyl (C=O) groups excluding carboxylic acids is 5. The van der Waals surface area contributed by atoms with Crippen molar-refractivity contribution in [2.75, 3.05) is 25.4 Å². The molecule has 0 radical (unpaired) electrons. The van der Waals surface area contributed by atoms with E-state index in [4.69, 9.17) is 9.47 Å². The molecule has 154 valence electrons. The van der Waals surface area contributed by atoms with Gasteiger partial charge >= 0.3 is 11.9 Å². The van der Waals surface area contributed by atoms with Gasteiger partial charge in [0.1, 0.15) is 6.61 Å². The minimum atomic E-state index is -1.18. The smallest absolute Gasteiger partial charge is 0.303 e. The molecule has 1 atom stereocenters. The van der Waals surface area contributed by atoms with Gasteiger partial charge in [-0.15, -0.1) is 0 Å². The molecule has 0 fully saturated rings. The highest BCUT2D eigenvalue weighted by Crippen LogP contribution is 2.24. The Kier molecular flexibility index (Phi) is 11.4. The van der Waals surface area contributed by atoms with Crippen LogP contribution >= 0.6 is 11.8 Å². The quantitative estimate of drug-likeness (QED) is 0.374. The zero-order valence-corrected chi connectivity index (χ0v) is 17.2. The van der Waals surface area contributed by atoms with Crippen LogP contribution in [0.1, 0.15) is 41.0 Å². The Hall–Kier alpha value is -2.10. The minimum absolute atomic E-state index is 0.0237. The van der Waals surface area contributed by atoms with E-state index in [1.54, 1.807) is 13.8 Å². The molecule has 27 heavy (non-hydrogen) atoms. The van der Waals surface area contributed by atoms with E-state index in [0.29, 0.717) is 12.3 Å². The third kappa shape index (κ3) is 12.0. The van der Waals surface area contributed by atoms with Crippen molar-refractivity contribution in [3.63, 3.8) is 0 Å². The summed E-state index contributed by atoms with van der Waals surface area (Å²) < 4.78 is 10.0. The fraction of sp³-hybridized carbons (Fsp3) is 0.706. The van der Waals surface area contributed by atoms with Gasteiger partial charge in [0.25, 0.3) is 5.91 Å². The number of thioether (sulfide) groups is 1. The number of ether oxygens (including phenoxy) is 2. The van der Waals surface area contributed by atoms with Gasteiger partial charge in [-0.1, -0.05) is 25.6 Å². The summed E-state index contributed by atoms with van der Waals surface area (Å²) in [6.07, 6.45) is -1.14. The monoisotopic (exact) mass is 404 g/mol. The number of amides is 2. The predicted molar refractivity (Wildman–Crippen MR) is 99.7 cm³/mol. The second-order valence-electron chi connectivity index (χ2n) is 6.49. The molecule has 0 aromatic rings. The second-order valence-corrected chi connectivity index (χ2v) is 7.76. The molecule has 0 spiro atoms. The molecule has 0 aromatic heterocycles. The molecule has 0 saturated carbocycles. The lowest BCUT2D eigenvalue weighted by molar-refractivity contribution is -0.166. The lowest BCUT2D eigenvalue weighted by atomic mass is 9.86. The van der Waals surface area contributed by atoms with E-state index in [-0.39, 0.29) is 30.6 Å². The third-order valence-electron chi connectivity index (χ3n) is 3.26. The topological polar surface area (TPSA) is 128 Å². The van der Waals surface area contributed by atoms with Gasteiger partial charge in [0, 0.05) is 51.4 Å². The van der Waals surface area contributed by atoms with Crippen molar-refractivity contribution < 1.29 is 33.4 Å². The molecule has 0 unspecified atom stereocenters. The van der Waals surface area contributed by atoms with Gasteiger partial charge in [-0.05, 0) is 0 Å². The van der Waals surface area contributed by atoms with Crippen LogP contribution in [-0.4, -0.2) is 60.4 Å². The van der Waals surface area contributed by atoms with E-state index < -0.39 is 29.4 Å². The molecule has 2 N–H and O–H groups in total. The Morgan fingerprint density at radius 1 is 0.963 bits per heavy atom. The van der Waals surface area contributed by atoms with Crippen LogP contribution in [0, 0.1) is 5.41 Å². The normalized spacial score (nSPS) is 11.9. The van der Waals surface area contributed by atoms with E-state index >= 15 is 0 Å². The standard InChI is InChI=1S/C17H28N2O7S/c1-11(20)25-10-17(4,5)15(26-12(2)21)16(24)19-7-6-14(23)18-8-9-27-13(3)22/h15H,6-10H2,1-5H3,(H,18,23)(H,19,24)/t15-/m0/s1. The molecule has 10 heteroatoms. The number of hydrogen-bond donors (Lipinski definition) is 2. The molecule has 2 amide bonds. The first-order valence-electron chi connectivity index (χ1n) is 8.44. The summed E-state index contributed by atoms with van der Waals surface area (Å²) in [7, 11) is 0. The zero-order valence-electron chi connectivity index (χ0n) is 16.4. The van der Waals surface area contributed by atoms with E-state index in [0.717, 1.165) is 11.8 Å². The molecular weight excluding hydrogens is 376 g/mol. The summed E-state index contributed by atoms with van der Waals surface area (Å²) >= 11 is 1.11. The summed E-state index contributed by atoms with van der Waals surface area (Å²) in [5.74, 6) is -1.53. The number of carbonyl (C=O) groups is 5. The Morgan fingerprint density at radius 3 is 2.11 bits per heavy atom. The maximum Gasteiger partial charge on any atom is 0.303 e. The first-order chi connectivity index (χ1) is 12.5. The third-order valence-corrected chi connectivity index (χ3v) is 4.07. The molecule has 0 bridgehead atoms. The van der Waals surface area contributed by atoms with E-state index in [1.807, 2.05) is 0 Å². The van der Waals surface area contributed by atoms with E-state index in [2.05, 4.69) is 10.6 Å². The highest BCUT2D eigenvalue weighted by molar-refractivity contribution is 8.13. The zero-order chi connectivity index (χ0) is 21.0. The lowest BCUT2D eigenvalue weighted by Gasteiger charge is -2.31. The number of esters is 2. The summed E-state index contributed by atoms with van der Waals surface area (Å²) in [5, 5.41) is 5.15. The fourth-order valence-electron chi connectivity index (χ4n) is 1.96. The van der Waals surface area contributed by atoms with Crippen molar-refractivity contribution in [2.45, 2.75) is 47.1 Å². The van der Waals surface area contributed by atoms with Gasteiger partial charge < -0.3 is 20.1 Å². The van der Waals surface area contributed by atoms with Crippen LogP contribution in [-0.2, 0) is 33.4 Å². The van der Waals surface area contributed by atoms with Crippen LogP contribution in [0.2, 0.25) is 0 Å². The first kappa shape index (κ1) is 24.9. The largest absolute Gasteiger partial charge is 0.465 e. The molecule has 0 saturated heterocycles. The SMILES string of the molecule is CC(=O)OCC(C)(C)[C@@H](OC(C)=O)C(=O)NCCC(=O)NCCSC(C)=O. The Bertz CT molecular complexity index is 563. The molecule has 0 aliphatic carbocycles. The van der Waals surface area contributed by atoms with Crippen molar-refractivity contribution >= 4 is 40.6 Å². The van der Waals surface area contributed by atoms with Crippen molar-refractivity contribution in [3.05, 3.63) is 0 Å². The van der Waals surface area contributed by atoms with Crippen LogP contribution in [0.5, 0.6) is 0 Å². The average molecular weight is 404 g/mol. The Balaban J connectivity index is 4.51. The van der Waals surface area contributed by atoms with Crippen LogP contribution in [0.25, 0.3) is 0 Å². The summed E-state index contributed by atoms with van der Waals surface area (Å²) in [5.41, 5.74) is -0.951. The molecule has 9 nitrogen and oxygen atoms in total. The minimum Gasteiger partial charge on any atom is -0.465 e. The van der Waals surface area contributed by atoms with Crippen LogP contribution in [0.4, 0.5) is 0 Å². The van der Waals surface area contributed by atoms with E-state index in [9.17, 15) is 24.0 Å². The summed E-state index contributed by atoms with van der Waals surface area (Å²) in [6.45, 7) is 7.41. The van der Waals surface area contributed by atoms with Crippen molar-refractivity contribution in [1.82, 2.24) is 10.6 Å². The van der Waals surface area contributed by atoms with E-state index in [1.165, 1.54) is 20.8 Å². The first-order valence-corrected chi connectivity index (χ1v) is 9.42. The van der Waals surface area contributed by atoms with Crippen molar-refractivity contribution in [1.29, 1.82) is 0 Å². The Labute approximate surface area is 163 Å². The maximum atomic E-state index is 12.4. The molecule has 0 aliphatic heterocycles. The van der Waals surface area contributed by atoms with Gasteiger partial charge in [0.2, 0.25) is 5.91 Å². The lowest BCUT2D eigenvalue weighted by Crippen LogP contribution is -2.49. The van der Waals surface area contributed by atoms with Gasteiger partial charge in [0.15, 0.2) is 11.2 Å². The van der Waals surface area contributed by atoms with Crippen LogP contribution in [0.3, 0.4) is 0 Å². The summed E-state index contributed by atoms with van der Waals surface area (Å²) in [6, 6.07) is 0. The molecule has 0 aromatic carbocycles. The number of hydrogen-bond acceptors (Lipinski definition) is 8. The maximum absolute atomic E-state index is 12.4. The van der Waals surface area contributed by atoms with Gasteiger partial charge in [-0.25, -0.2) is 0 Å². The highest BCUT2D eigenvalue weighted by Gasteiger charge is 2.39. The predicted octanol–water partition coefficient (Wildman–Crippen LogP) is 0.410. The molecule has 0 rings (SSSR count). The van der Waals surface area contributed by atoms with Crippen LogP contribution < -0.4 is 10.6 Å². The highest BCUT2D eigenvalue weighted by atomic mass is 32.2. The van der Waals surface area contributed by atoms with Crippen LogP contribution in [0.15, 0.2) is 0 Å².